The summed E-state index contributed by atoms with van der Waals surface area (Å²) in [4.78, 5) is 0. The zero-order chi connectivity index (χ0) is 29.2. The van der Waals surface area contributed by atoms with Crippen molar-refractivity contribution in [2.24, 2.45) is 0 Å². The van der Waals surface area contributed by atoms with Gasteiger partial charge in [0.25, 0.3) is 0 Å². The molecule has 0 aliphatic rings. The van der Waals surface area contributed by atoms with Crippen molar-refractivity contribution in [2.75, 3.05) is 0 Å². The molecule has 0 atom stereocenters. The fraction of sp³-hybridized carbons (Fsp3) is 0. The third-order valence-electron chi connectivity index (χ3n) is 7.45. The Morgan fingerprint density at radius 3 is 0.857 bits per heavy atom. The van der Waals surface area contributed by atoms with Crippen molar-refractivity contribution in [3.05, 3.63) is 158 Å². The molecule has 6 aromatic carbocycles. The maximum atomic E-state index is 15.5. The lowest BCUT2D eigenvalue weighted by Crippen LogP contribution is -2.29. The van der Waals surface area contributed by atoms with Crippen LogP contribution < -0.4 is 31.8 Å². The molecule has 0 amide bonds. The summed E-state index contributed by atoms with van der Waals surface area (Å²) in [6, 6.07) is 46.4. The van der Waals surface area contributed by atoms with E-state index in [2.05, 4.69) is 0 Å². The smallest absolute Gasteiger partial charge is 0.171 e. The third-order valence-corrected chi connectivity index (χ3v) is 13.7. The maximum absolute atomic E-state index is 15.5. The van der Waals surface area contributed by atoms with Crippen LogP contribution in [0.3, 0.4) is 0 Å². The predicted octanol–water partition coefficient (Wildman–Crippen LogP) is 6.04. The molecule has 4 nitrogen and oxygen atoms in total. The fourth-order valence-corrected chi connectivity index (χ4v) is 11.3. The maximum Gasteiger partial charge on any atom is 0.171 e. The minimum Gasteiger partial charge on any atom is -0.507 e. The van der Waals surface area contributed by atoms with E-state index in [1.54, 1.807) is 24.3 Å². The third kappa shape index (κ3) is 4.60. The topological polar surface area (TPSA) is 74.6 Å². The van der Waals surface area contributed by atoms with Gasteiger partial charge in [-0.2, -0.15) is 0 Å². The van der Waals surface area contributed by atoms with E-state index in [0.29, 0.717) is 31.8 Å². The van der Waals surface area contributed by atoms with E-state index in [0.717, 1.165) is 0 Å². The van der Waals surface area contributed by atoms with Crippen LogP contribution in [0.15, 0.2) is 158 Å². The van der Waals surface area contributed by atoms with Crippen molar-refractivity contribution in [1.82, 2.24) is 0 Å². The van der Waals surface area contributed by atoms with E-state index in [4.69, 9.17) is 0 Å². The Kier molecular flexibility index (Phi) is 7.43. The van der Waals surface area contributed by atoms with Crippen LogP contribution >= 0.6 is 14.3 Å². The number of hydrogen-bond donors (Lipinski definition) is 2. The van der Waals surface area contributed by atoms with Gasteiger partial charge in [-0.3, -0.25) is 0 Å². The molecule has 0 fully saturated rings. The van der Waals surface area contributed by atoms with Crippen molar-refractivity contribution >= 4 is 46.1 Å². The number of benzene rings is 6. The summed E-state index contributed by atoms with van der Waals surface area (Å²) < 4.78 is 31.0. The van der Waals surface area contributed by atoms with Crippen LogP contribution in [-0.4, -0.2) is 10.2 Å². The lowest BCUT2D eigenvalue weighted by atomic mass is 10.0. The molecule has 0 spiro atoms. The first-order chi connectivity index (χ1) is 20.5. The van der Waals surface area contributed by atoms with Crippen LogP contribution in [0.1, 0.15) is 0 Å². The molecule has 2 N–H and O–H groups in total. The minimum atomic E-state index is -3.60. The Morgan fingerprint density at radius 2 is 0.595 bits per heavy atom. The highest BCUT2D eigenvalue weighted by molar-refractivity contribution is 7.86. The lowest BCUT2D eigenvalue weighted by Gasteiger charge is -2.27. The summed E-state index contributed by atoms with van der Waals surface area (Å²) in [5.74, 6) is -0.343. The molecule has 206 valence electrons. The van der Waals surface area contributed by atoms with Gasteiger partial charge >= 0.3 is 0 Å². The Labute approximate surface area is 245 Å². The highest BCUT2D eigenvalue weighted by Gasteiger charge is 2.38. The molecular weight excluding hydrogens is 558 g/mol. The van der Waals surface area contributed by atoms with Crippen molar-refractivity contribution < 1.29 is 19.3 Å². The van der Waals surface area contributed by atoms with E-state index in [1.807, 2.05) is 121 Å². The van der Waals surface area contributed by atoms with Crippen molar-refractivity contribution in [2.45, 2.75) is 0 Å². The number of aromatic hydroxyl groups is 2. The quantitative estimate of drug-likeness (QED) is 0.224. The van der Waals surface area contributed by atoms with Crippen LogP contribution in [0.5, 0.6) is 11.5 Å². The van der Waals surface area contributed by atoms with Crippen LogP contribution in [0.2, 0.25) is 0 Å². The zero-order valence-corrected chi connectivity index (χ0v) is 24.4. The molecule has 0 saturated carbocycles. The molecule has 0 aromatic heterocycles. The van der Waals surface area contributed by atoms with E-state index in [-0.39, 0.29) is 22.6 Å². The first kappa shape index (κ1) is 27.5. The van der Waals surface area contributed by atoms with Gasteiger partial charge in [0.2, 0.25) is 0 Å². The molecule has 0 bridgehead atoms. The highest BCUT2D eigenvalue weighted by atomic mass is 31.2. The average molecular weight is 587 g/mol. The van der Waals surface area contributed by atoms with Crippen molar-refractivity contribution in [1.29, 1.82) is 0 Å². The van der Waals surface area contributed by atoms with Crippen LogP contribution in [-0.2, 0) is 9.13 Å². The Bertz CT molecular complexity index is 1710. The Balaban J connectivity index is 1.73. The molecule has 0 aliphatic heterocycles. The SMILES string of the molecule is O=P(c1ccccc1)(c1ccccc1)c1cccc(O)c1-c1c(O)cccc1P(=O)(c1ccccc1)c1ccccc1. The van der Waals surface area contributed by atoms with Gasteiger partial charge in [-0.25, -0.2) is 0 Å². The van der Waals surface area contributed by atoms with E-state index in [9.17, 15) is 10.2 Å². The molecule has 42 heavy (non-hydrogen) atoms. The van der Waals surface area contributed by atoms with E-state index >= 15 is 9.13 Å². The van der Waals surface area contributed by atoms with Gasteiger partial charge in [-0.05, 0) is 24.3 Å². The predicted molar refractivity (Wildman–Crippen MR) is 174 cm³/mol. The van der Waals surface area contributed by atoms with Crippen molar-refractivity contribution in [3.8, 4) is 22.6 Å². The molecule has 6 aromatic rings. The van der Waals surface area contributed by atoms with Gasteiger partial charge in [-0.15, -0.1) is 0 Å². The van der Waals surface area contributed by atoms with Crippen LogP contribution in [0.25, 0.3) is 11.1 Å². The molecule has 6 rings (SSSR count). The summed E-state index contributed by atoms with van der Waals surface area (Å²) in [5.41, 5.74) is 0.377. The molecule has 6 heteroatoms. The van der Waals surface area contributed by atoms with Crippen LogP contribution in [0.4, 0.5) is 0 Å². The molecule has 0 heterocycles. The van der Waals surface area contributed by atoms with Gasteiger partial charge < -0.3 is 19.3 Å². The number of rotatable bonds is 7. The second kappa shape index (κ2) is 11.3. The molecule has 0 saturated heterocycles. The lowest BCUT2D eigenvalue weighted by molar-refractivity contribution is 0.469. The van der Waals surface area contributed by atoms with Crippen LogP contribution in [0, 0.1) is 0 Å². The van der Waals surface area contributed by atoms with Gasteiger partial charge in [0, 0.05) is 43.0 Å². The fourth-order valence-electron chi connectivity index (χ4n) is 5.50. The molecule has 0 aliphatic carbocycles. The van der Waals surface area contributed by atoms with Gasteiger partial charge in [-0.1, -0.05) is 133 Å². The number of hydrogen-bond acceptors (Lipinski definition) is 4. The molecule has 0 unspecified atom stereocenters. The first-order valence-electron chi connectivity index (χ1n) is 13.5. The highest BCUT2D eigenvalue weighted by Crippen LogP contribution is 2.52. The Hall–Kier alpha value is -4.62. The second-order valence-electron chi connectivity index (χ2n) is 9.90. The first-order valence-corrected chi connectivity index (χ1v) is 16.9. The summed E-state index contributed by atoms with van der Waals surface area (Å²) in [7, 11) is -7.21. The van der Waals surface area contributed by atoms with E-state index < -0.39 is 14.3 Å². The number of phenols is 2. The number of phenolic OH excluding ortho intramolecular Hbond substituents is 2. The minimum absolute atomic E-state index is 0.171. The molecule has 0 radical (unpaired) electrons. The van der Waals surface area contributed by atoms with Gasteiger partial charge in [0.15, 0.2) is 14.3 Å². The second-order valence-corrected chi connectivity index (χ2v) is 15.4. The monoisotopic (exact) mass is 586 g/mol. The standard InChI is InChI=1S/C36H28O4P2/c37-31-23-13-25-33(41(39,27-15-5-1-6-16-27)28-17-7-2-8-18-28)35(31)36-32(38)24-14-26-34(36)42(40,29-19-9-3-10-20-29)30-21-11-4-12-22-30/h1-26,37-38H. The largest absolute Gasteiger partial charge is 0.507 e. The van der Waals surface area contributed by atoms with Gasteiger partial charge in [0.1, 0.15) is 11.5 Å². The average Bonchev–Trinajstić information content (AvgIpc) is 3.05. The summed E-state index contributed by atoms with van der Waals surface area (Å²) in [6.45, 7) is 0. The zero-order valence-electron chi connectivity index (χ0n) is 22.6. The summed E-state index contributed by atoms with van der Waals surface area (Å²) in [5, 5.41) is 26.1. The van der Waals surface area contributed by atoms with Crippen molar-refractivity contribution in [3.63, 3.8) is 0 Å². The summed E-state index contributed by atoms with van der Waals surface area (Å²) >= 11 is 0. The summed E-state index contributed by atoms with van der Waals surface area (Å²) in [6.07, 6.45) is 0. The van der Waals surface area contributed by atoms with Gasteiger partial charge in [0.05, 0.1) is 0 Å². The Morgan fingerprint density at radius 1 is 0.333 bits per heavy atom. The van der Waals surface area contributed by atoms with E-state index in [1.165, 1.54) is 12.1 Å². The normalized spacial score (nSPS) is 11.7. The molecular formula is C36H28O4P2.